The summed E-state index contributed by atoms with van der Waals surface area (Å²) < 4.78 is 34.1. The first-order chi connectivity index (χ1) is 22.8. The van der Waals surface area contributed by atoms with Gasteiger partial charge in [0, 0.05) is 0 Å². The van der Waals surface area contributed by atoms with Gasteiger partial charge in [-0.2, -0.15) is 4.98 Å². The van der Waals surface area contributed by atoms with Crippen molar-refractivity contribution in [2.75, 3.05) is 20.3 Å². The van der Waals surface area contributed by atoms with Crippen molar-refractivity contribution in [2.24, 2.45) is 5.41 Å². The first-order valence-corrected chi connectivity index (χ1v) is 19.8. The first-order valence-electron chi connectivity index (χ1n) is 16.1. The Morgan fingerprint density at radius 2 is 1.81 bits per heavy atom. The summed E-state index contributed by atoms with van der Waals surface area (Å²) in [5.74, 6) is 0.382. The molecule has 1 saturated carbocycles. The van der Waals surface area contributed by atoms with Gasteiger partial charge in [0.1, 0.15) is 24.0 Å². The number of imidazole rings is 1. The first kappa shape index (κ1) is 34.8. The van der Waals surface area contributed by atoms with Crippen molar-refractivity contribution in [2.45, 2.75) is 82.7 Å². The molecule has 256 valence electrons. The second-order valence-corrected chi connectivity index (χ2v) is 19.6. The molecule has 2 aromatic heterocycles. The molecule has 5 atom stereocenters. The Morgan fingerprint density at radius 3 is 2.50 bits per heavy atom. The Hall–Kier alpha value is -3.06. The fourth-order valence-electron chi connectivity index (χ4n) is 6.65. The molecule has 0 amide bonds. The summed E-state index contributed by atoms with van der Waals surface area (Å²) in [6, 6.07) is 16.5. The van der Waals surface area contributed by atoms with Crippen LogP contribution in [0, 0.1) is 5.41 Å². The van der Waals surface area contributed by atoms with Crippen LogP contribution in [0.2, 0.25) is 28.6 Å². The number of esters is 1. The number of methoxy groups -OCH3 is 1. The monoisotopic (exact) mass is 712 g/mol. The average Bonchev–Trinajstić information content (AvgIpc) is 3.59. The molecule has 2 aromatic carbocycles. The number of nitrogens with zero attached hydrogens (tertiary/aromatic N) is 4. The summed E-state index contributed by atoms with van der Waals surface area (Å²) in [5.41, 5.74) is 1.68. The number of fused-ring (bicyclic) bond motifs is 3. The predicted octanol–water partition coefficient (Wildman–Crippen LogP) is 7.69. The topological polar surface area (TPSA) is 107 Å². The van der Waals surface area contributed by atoms with Crippen LogP contribution in [0.1, 0.15) is 55.6 Å². The SMILES string of the molecule is COc1ccc(COC[C@H]2OC3CCC(COC(=O)c4ccccc4)(C2O[Si](C)(C)C(C)(C)C)[C@H]3n2cnc3c(Cl)nc(Cl)nc32)cc1. The van der Waals surface area contributed by atoms with E-state index in [1.165, 1.54) is 0 Å². The summed E-state index contributed by atoms with van der Waals surface area (Å²) in [4.78, 5) is 26.7. The molecule has 3 heterocycles. The standard InChI is InChI=1S/C35H42Cl2N4O6Si/c1-34(2,3)48(5,6)47-29-26(19-44-18-22-12-14-24(43-4)15-13-22)46-25-16-17-35(29,20-45-32(42)23-10-8-7-9-11-23)28(25)41-21-38-27-30(36)39-33(37)40-31(27)41/h7-15,21,25-26,28-29H,16-20H2,1-6H3/t25?,26-,28+,29?,35?/m1/s1. The summed E-state index contributed by atoms with van der Waals surface area (Å²) in [5, 5.41) is 0.0719. The molecule has 1 saturated heterocycles. The van der Waals surface area contributed by atoms with Crippen LogP contribution in [0.4, 0.5) is 0 Å². The van der Waals surface area contributed by atoms with Crippen LogP contribution in [0.15, 0.2) is 60.9 Å². The second-order valence-electron chi connectivity index (χ2n) is 14.1. The molecule has 4 aromatic rings. The molecular formula is C35H42Cl2N4O6Si. The maximum absolute atomic E-state index is 13.5. The molecule has 0 radical (unpaired) electrons. The van der Waals surface area contributed by atoms with Crippen molar-refractivity contribution >= 4 is 48.7 Å². The van der Waals surface area contributed by atoms with Crippen LogP contribution in [-0.4, -0.2) is 72.4 Å². The van der Waals surface area contributed by atoms with Gasteiger partial charge >= 0.3 is 5.97 Å². The highest BCUT2D eigenvalue weighted by atomic mass is 35.5. The van der Waals surface area contributed by atoms with E-state index in [0.29, 0.717) is 36.2 Å². The van der Waals surface area contributed by atoms with Gasteiger partial charge in [-0.25, -0.2) is 14.8 Å². The molecule has 10 nitrogen and oxygen atoms in total. The van der Waals surface area contributed by atoms with Crippen molar-refractivity contribution in [3.05, 3.63) is 82.5 Å². The van der Waals surface area contributed by atoms with Gasteiger partial charge in [0.25, 0.3) is 0 Å². The number of halogens is 2. The molecule has 2 bridgehead atoms. The van der Waals surface area contributed by atoms with Crippen molar-refractivity contribution < 1.29 is 28.2 Å². The van der Waals surface area contributed by atoms with E-state index in [-0.39, 0.29) is 40.8 Å². The summed E-state index contributed by atoms with van der Waals surface area (Å²) in [7, 11) is -0.779. The molecule has 2 fully saturated rings. The van der Waals surface area contributed by atoms with Crippen molar-refractivity contribution in [1.29, 1.82) is 0 Å². The number of rotatable bonds is 11. The van der Waals surface area contributed by atoms with Crippen LogP contribution >= 0.6 is 23.2 Å². The zero-order chi connectivity index (χ0) is 34.3. The molecule has 2 aliphatic rings. The van der Waals surface area contributed by atoms with E-state index in [1.807, 2.05) is 47.0 Å². The third kappa shape index (κ3) is 6.73. The van der Waals surface area contributed by atoms with E-state index in [0.717, 1.165) is 11.3 Å². The van der Waals surface area contributed by atoms with E-state index in [1.54, 1.807) is 25.6 Å². The summed E-state index contributed by atoms with van der Waals surface area (Å²) in [6.07, 6.45) is 1.86. The number of aromatic nitrogens is 4. The number of benzene rings is 2. The lowest BCUT2D eigenvalue weighted by molar-refractivity contribution is -0.200. The van der Waals surface area contributed by atoms with Gasteiger partial charge in [0.2, 0.25) is 5.28 Å². The maximum Gasteiger partial charge on any atom is 0.338 e. The van der Waals surface area contributed by atoms with Gasteiger partial charge in [0.15, 0.2) is 19.1 Å². The Balaban J connectivity index is 1.40. The molecule has 3 unspecified atom stereocenters. The largest absolute Gasteiger partial charge is 0.497 e. The zero-order valence-electron chi connectivity index (χ0n) is 28.1. The molecule has 48 heavy (non-hydrogen) atoms. The van der Waals surface area contributed by atoms with Gasteiger partial charge in [-0.05, 0) is 72.4 Å². The predicted molar refractivity (Wildman–Crippen MR) is 186 cm³/mol. The minimum atomic E-state index is -2.42. The molecule has 0 N–H and O–H groups in total. The highest BCUT2D eigenvalue weighted by molar-refractivity contribution is 6.74. The summed E-state index contributed by atoms with van der Waals surface area (Å²) >= 11 is 12.8. The van der Waals surface area contributed by atoms with Gasteiger partial charge in [-0.15, -0.1) is 0 Å². The lowest BCUT2D eigenvalue weighted by atomic mass is 9.73. The fraction of sp³-hybridized carbons (Fsp3) is 0.486. The van der Waals surface area contributed by atoms with Gasteiger partial charge in [0.05, 0.1) is 55.9 Å². The number of ether oxygens (including phenoxy) is 4. The highest BCUT2D eigenvalue weighted by Crippen LogP contribution is 2.58. The second kappa shape index (κ2) is 13.7. The lowest BCUT2D eigenvalue weighted by Crippen LogP contribution is -2.62. The Labute approximate surface area is 292 Å². The summed E-state index contributed by atoms with van der Waals surface area (Å²) in [6.45, 7) is 11.8. The van der Waals surface area contributed by atoms with E-state index in [2.05, 4.69) is 48.8 Å². The minimum absolute atomic E-state index is 0.0155. The van der Waals surface area contributed by atoms with Gasteiger partial charge in [-0.1, -0.05) is 62.7 Å². The number of carbonyl (C=O) groups is 1. The molecular weight excluding hydrogens is 671 g/mol. The van der Waals surface area contributed by atoms with E-state index in [4.69, 9.17) is 46.6 Å². The number of hydrogen-bond donors (Lipinski definition) is 0. The minimum Gasteiger partial charge on any atom is -0.497 e. The molecule has 0 spiro atoms. The van der Waals surface area contributed by atoms with Crippen LogP contribution in [-0.2, 0) is 25.2 Å². The van der Waals surface area contributed by atoms with Crippen LogP contribution in [0.25, 0.3) is 11.2 Å². The third-order valence-electron chi connectivity index (χ3n) is 10.2. The molecule has 1 aliphatic carbocycles. The van der Waals surface area contributed by atoms with Gasteiger partial charge in [-0.3, -0.25) is 0 Å². The van der Waals surface area contributed by atoms with Crippen molar-refractivity contribution in [1.82, 2.24) is 19.5 Å². The fourth-order valence-corrected chi connectivity index (χ4v) is 8.44. The normalized spacial score (nSPS) is 24.2. The number of carbonyl (C=O) groups excluding carboxylic acids is 1. The van der Waals surface area contributed by atoms with Crippen molar-refractivity contribution in [3.8, 4) is 5.75 Å². The Kier molecular flexibility index (Phi) is 9.92. The van der Waals surface area contributed by atoms with E-state index in [9.17, 15) is 4.79 Å². The molecule has 13 heteroatoms. The molecule has 1 aliphatic heterocycles. The zero-order valence-corrected chi connectivity index (χ0v) is 30.6. The Morgan fingerprint density at radius 1 is 1.08 bits per heavy atom. The number of hydrogen-bond acceptors (Lipinski definition) is 9. The van der Waals surface area contributed by atoms with Crippen LogP contribution in [0.3, 0.4) is 0 Å². The quantitative estimate of drug-likeness (QED) is 0.0669. The average molecular weight is 714 g/mol. The lowest BCUT2D eigenvalue weighted by Gasteiger charge is -2.53. The van der Waals surface area contributed by atoms with E-state index < -0.39 is 31.9 Å². The smallest absolute Gasteiger partial charge is 0.338 e. The maximum atomic E-state index is 13.5. The third-order valence-corrected chi connectivity index (χ3v) is 15.0. The highest BCUT2D eigenvalue weighted by Gasteiger charge is 2.64. The van der Waals surface area contributed by atoms with Crippen LogP contribution in [0.5, 0.6) is 5.75 Å². The van der Waals surface area contributed by atoms with Crippen molar-refractivity contribution in [3.63, 3.8) is 0 Å². The van der Waals surface area contributed by atoms with Crippen LogP contribution < -0.4 is 4.74 Å². The van der Waals surface area contributed by atoms with Gasteiger partial charge < -0.3 is 27.9 Å². The Bertz CT molecular complexity index is 1750. The molecule has 6 rings (SSSR count). The van der Waals surface area contributed by atoms with E-state index >= 15 is 0 Å².